The molecule has 0 spiro atoms. The van der Waals surface area contributed by atoms with E-state index >= 15 is 0 Å². The van der Waals surface area contributed by atoms with Gasteiger partial charge in [-0.05, 0) is 195 Å². The fourth-order valence-corrected chi connectivity index (χ4v) is 17.8. The minimum absolute atomic E-state index is 0.00692. The molecule has 0 N–H and O–H groups in total. The first kappa shape index (κ1) is 67.4. The molecule has 19 rings (SSSR count). The first-order chi connectivity index (χ1) is 60.1. The molecule has 119 heavy (non-hydrogen) atoms. The van der Waals surface area contributed by atoms with Gasteiger partial charge in [0.2, 0.25) is 0 Å². The molecule has 3 aromatic heterocycles. The number of nitrogens with zero attached hydrogens (tertiary/aromatic N) is 7. The molecule has 0 fully saturated rings. The predicted octanol–water partition coefficient (Wildman–Crippen LogP) is 27.9. The molecule has 2 aliphatic heterocycles. The fourth-order valence-electron chi connectivity index (χ4n) is 17.8. The highest BCUT2D eigenvalue weighted by Crippen LogP contribution is 2.55. The highest BCUT2D eigenvalue weighted by molar-refractivity contribution is 7.00. The van der Waals surface area contributed by atoms with Crippen molar-refractivity contribution in [1.82, 2.24) is 24.1 Å². The van der Waals surface area contributed by atoms with E-state index in [0.717, 1.165) is 139 Å². The SMILES string of the molecule is [2H]c1c([2H])c([2H])c2c(c1[2H])c1c([2H])c([2H])c([2H])c([2H])c1n2-c1ccc2c(c1)N(c1c(-c3ccccc3)cc(C(C)(C)C)cc1-c1ccccc1)c1cc(-n3c4ccc(C(C)(C)C)cc4c4cc(C(C)(C)C)ccc43)cc3c1B2c1ccc(-c2cc(C(C)(C)C)cc(C(C)(C)C)c2)cc1N3c1ccc(C(C)(C)C)cc1-c1nc(-c2ccccc2)nc(-c2ccccc2)n1. The standard InChI is InChI=1S/C111H104BN7/c1-106(2,3)75-48-54-94-87(61-75)88-62-76(107(4,5)6)49-55-95(88)117(94)82-67-99-101-100(68-82)119(102-85(69-35-23-19-24-36-69)64-80(111(16,17)18)65-86(102)70-37-25-20-26-38-70)98-66-81(116-92-45-33-31-43-83(92)84-44-32-34-46-93(84)116)51-53-91(98)112(101)90-52-47-73(74-57-78(109(10,11)12)60-79(58-74)110(13,14)15)59-97(90)118(99)96-56-50-77(108(7,8)9)63-89(96)105-114-103(71-39-27-21-28-40-71)113-104(115-105)72-41-29-22-30-42-72/h19-68H,1-18H3/i31D,32D,33D,34D,43D,44D,45D,46D. The van der Waals surface area contributed by atoms with E-state index in [4.69, 9.17) is 15.0 Å². The minimum Gasteiger partial charge on any atom is -0.311 e. The van der Waals surface area contributed by atoms with E-state index < -0.39 is 43.0 Å². The topological polar surface area (TPSA) is 55.0 Å². The third-order valence-corrected chi connectivity index (χ3v) is 24.5. The van der Waals surface area contributed by atoms with Crippen LogP contribution >= 0.6 is 0 Å². The van der Waals surface area contributed by atoms with Crippen LogP contribution in [0.5, 0.6) is 0 Å². The molecule has 14 aromatic carbocycles. The molecule has 0 unspecified atom stereocenters. The highest BCUT2D eigenvalue weighted by atomic mass is 15.2. The fraction of sp³-hybridized carbons (Fsp3) is 0.216. The molecule has 7 nitrogen and oxygen atoms in total. The number of aromatic nitrogens is 5. The normalized spacial score (nSPS) is 14.2. The Balaban J connectivity index is 1.05. The average Bonchev–Trinajstić information content (AvgIpc) is 1.67. The summed E-state index contributed by atoms with van der Waals surface area (Å²) in [6, 6.07) is 89.0. The van der Waals surface area contributed by atoms with Crippen molar-refractivity contribution in [1.29, 1.82) is 0 Å². The zero-order valence-electron chi connectivity index (χ0n) is 79.5. The van der Waals surface area contributed by atoms with Gasteiger partial charge in [0.15, 0.2) is 17.5 Å². The number of hydrogen-bond donors (Lipinski definition) is 0. The Morgan fingerprint density at radius 1 is 0.261 bits per heavy atom. The third-order valence-electron chi connectivity index (χ3n) is 24.5. The summed E-state index contributed by atoms with van der Waals surface area (Å²) in [6.07, 6.45) is 0. The molecule has 0 atom stereocenters. The maximum Gasteiger partial charge on any atom is 0.252 e. The molecule has 8 heteroatoms. The van der Waals surface area contributed by atoms with Crippen molar-refractivity contribution in [2.75, 3.05) is 9.80 Å². The number of benzene rings is 14. The summed E-state index contributed by atoms with van der Waals surface area (Å²) in [6.45, 7) is 40.4. The van der Waals surface area contributed by atoms with E-state index in [0.29, 0.717) is 23.2 Å². The van der Waals surface area contributed by atoms with Crippen LogP contribution in [0.25, 0.3) is 123 Å². The van der Waals surface area contributed by atoms with Crippen LogP contribution in [0, 0.1) is 0 Å². The van der Waals surface area contributed by atoms with Gasteiger partial charge in [-0.15, -0.1) is 0 Å². The maximum atomic E-state index is 10.0. The molecule has 5 heterocycles. The molecule has 0 amide bonds. The lowest BCUT2D eigenvalue weighted by Gasteiger charge is -2.46. The van der Waals surface area contributed by atoms with E-state index in [1.165, 1.54) is 22.3 Å². The van der Waals surface area contributed by atoms with Crippen LogP contribution in [0.1, 0.15) is 169 Å². The lowest BCUT2D eigenvalue weighted by molar-refractivity contribution is 0.569. The number of para-hydroxylation sites is 2. The van der Waals surface area contributed by atoms with Crippen LogP contribution in [0.3, 0.4) is 0 Å². The zero-order chi connectivity index (χ0) is 89.7. The van der Waals surface area contributed by atoms with Crippen molar-refractivity contribution in [3.63, 3.8) is 0 Å². The summed E-state index contributed by atoms with van der Waals surface area (Å²) >= 11 is 0. The molecule has 586 valence electrons. The first-order valence-corrected chi connectivity index (χ1v) is 41.8. The second-order valence-electron chi connectivity index (χ2n) is 38.8. The van der Waals surface area contributed by atoms with Gasteiger partial charge in [0.1, 0.15) is 0 Å². The molecule has 0 aliphatic carbocycles. The molecular formula is C111H104BN7. The molecule has 17 aromatic rings. The van der Waals surface area contributed by atoms with Gasteiger partial charge in [0, 0.05) is 77.8 Å². The Morgan fingerprint density at radius 2 is 0.647 bits per heavy atom. The monoisotopic (exact) mass is 1550 g/mol. The Hall–Kier alpha value is -12.6. The van der Waals surface area contributed by atoms with Crippen molar-refractivity contribution >= 4 is 101 Å². The van der Waals surface area contributed by atoms with Crippen LogP contribution < -0.4 is 26.2 Å². The maximum absolute atomic E-state index is 10.0. The van der Waals surface area contributed by atoms with Gasteiger partial charge >= 0.3 is 0 Å². The van der Waals surface area contributed by atoms with Crippen molar-refractivity contribution in [2.45, 2.75) is 157 Å². The average molecular weight is 1550 g/mol. The van der Waals surface area contributed by atoms with Crippen LogP contribution in [-0.4, -0.2) is 30.8 Å². The summed E-state index contributed by atoms with van der Waals surface area (Å²) in [5.74, 6) is 1.53. The molecule has 2 aliphatic rings. The van der Waals surface area contributed by atoms with Gasteiger partial charge in [-0.3, -0.25) is 0 Å². The Labute approximate surface area is 714 Å². The minimum atomic E-state index is -0.599. The van der Waals surface area contributed by atoms with Crippen LogP contribution in [0.4, 0.5) is 34.1 Å². The number of hydrogen-bond acceptors (Lipinski definition) is 5. The molecule has 0 saturated carbocycles. The Kier molecular flexibility index (Phi) is 15.9. The molecule has 0 saturated heterocycles. The zero-order valence-corrected chi connectivity index (χ0v) is 71.5. The second kappa shape index (κ2) is 28.0. The van der Waals surface area contributed by atoms with Crippen LogP contribution in [0.2, 0.25) is 0 Å². The lowest BCUT2D eigenvalue weighted by Crippen LogP contribution is -2.61. The quantitative estimate of drug-likeness (QED) is 0.128. The Bertz CT molecular complexity index is 7120. The third kappa shape index (κ3) is 13.3. The summed E-state index contributed by atoms with van der Waals surface area (Å²) in [7, 11) is 0. The first-order valence-electron chi connectivity index (χ1n) is 45.8. The number of fused-ring (bicyclic) bond motifs is 10. The van der Waals surface area contributed by atoms with Crippen molar-refractivity contribution in [3.8, 4) is 78.9 Å². The van der Waals surface area contributed by atoms with Gasteiger partial charge in [0.05, 0.1) is 50.1 Å². The van der Waals surface area contributed by atoms with Gasteiger partial charge in [-0.2, -0.15) is 0 Å². The molecule has 0 radical (unpaired) electrons. The number of anilines is 6. The van der Waals surface area contributed by atoms with E-state index in [1.54, 1.807) is 4.57 Å². The van der Waals surface area contributed by atoms with E-state index in [-0.39, 0.29) is 66.4 Å². The molecule has 0 bridgehead atoms. The van der Waals surface area contributed by atoms with Gasteiger partial charge in [0.25, 0.3) is 6.71 Å². The van der Waals surface area contributed by atoms with Crippen LogP contribution in [-0.2, 0) is 32.5 Å². The molecular weight excluding hydrogens is 1440 g/mol. The van der Waals surface area contributed by atoms with Crippen LogP contribution in [0.15, 0.2) is 303 Å². The van der Waals surface area contributed by atoms with Crippen molar-refractivity contribution in [3.05, 3.63) is 337 Å². The summed E-state index contributed by atoms with van der Waals surface area (Å²) in [5, 5.41) is 2.21. The van der Waals surface area contributed by atoms with E-state index in [2.05, 4.69) is 351 Å². The van der Waals surface area contributed by atoms with E-state index in [9.17, 15) is 11.0 Å². The van der Waals surface area contributed by atoms with Gasteiger partial charge in [-0.1, -0.05) is 337 Å². The highest BCUT2D eigenvalue weighted by Gasteiger charge is 2.46. The second-order valence-corrected chi connectivity index (χ2v) is 38.8. The van der Waals surface area contributed by atoms with Crippen molar-refractivity contribution in [2.24, 2.45) is 0 Å². The lowest BCUT2D eigenvalue weighted by atomic mass is 9.33. The predicted molar refractivity (Wildman–Crippen MR) is 507 cm³/mol. The summed E-state index contributed by atoms with van der Waals surface area (Å²) in [4.78, 5) is 21.7. The van der Waals surface area contributed by atoms with Gasteiger partial charge in [-0.25, -0.2) is 15.0 Å². The largest absolute Gasteiger partial charge is 0.311 e. The van der Waals surface area contributed by atoms with Crippen molar-refractivity contribution < 1.29 is 11.0 Å². The number of rotatable bonds is 10. The summed E-state index contributed by atoms with van der Waals surface area (Å²) < 4.78 is 81.1. The smallest absolute Gasteiger partial charge is 0.252 e. The Morgan fingerprint density at radius 3 is 1.13 bits per heavy atom. The van der Waals surface area contributed by atoms with Gasteiger partial charge < -0.3 is 18.9 Å². The summed E-state index contributed by atoms with van der Waals surface area (Å²) in [5.41, 5.74) is 24.9. The van der Waals surface area contributed by atoms with E-state index in [1.807, 2.05) is 42.5 Å².